The van der Waals surface area contributed by atoms with Gasteiger partial charge in [-0.25, -0.2) is 0 Å². The molecule has 3 rings (SSSR count). The summed E-state index contributed by atoms with van der Waals surface area (Å²) in [5.41, 5.74) is 1.42. The molecule has 1 heterocycles. The lowest BCUT2D eigenvalue weighted by atomic mass is 10.2. The zero-order chi connectivity index (χ0) is 22.2. The predicted octanol–water partition coefficient (Wildman–Crippen LogP) is 3.02. The highest BCUT2D eigenvalue weighted by molar-refractivity contribution is 5.95. The van der Waals surface area contributed by atoms with Gasteiger partial charge in [-0.3, -0.25) is 14.5 Å². The van der Waals surface area contributed by atoms with Crippen LogP contribution in [0.4, 0.5) is 14.5 Å². The third-order valence-corrected chi connectivity index (χ3v) is 5.01. The van der Waals surface area contributed by atoms with Crippen LogP contribution < -0.4 is 20.1 Å². The van der Waals surface area contributed by atoms with E-state index in [0.717, 1.165) is 12.0 Å². The monoisotopic (exact) mass is 433 g/mol. The minimum Gasteiger partial charge on any atom is -0.497 e. The van der Waals surface area contributed by atoms with Crippen LogP contribution in [0.5, 0.6) is 11.5 Å². The zero-order valence-corrected chi connectivity index (χ0v) is 17.1. The Morgan fingerprint density at radius 2 is 1.77 bits per heavy atom. The summed E-state index contributed by atoms with van der Waals surface area (Å²) in [7, 11) is 1.58. The number of ether oxygens (including phenoxy) is 2. The maximum absolute atomic E-state index is 12.7. The normalized spacial score (nSPS) is 16.2. The number of likely N-dealkylation sites (tertiary alicyclic amines) is 1. The highest BCUT2D eigenvalue weighted by Crippen LogP contribution is 2.20. The molecule has 0 saturated carbocycles. The first-order chi connectivity index (χ1) is 14.9. The molecule has 31 heavy (non-hydrogen) atoms. The van der Waals surface area contributed by atoms with Gasteiger partial charge in [0.25, 0.3) is 0 Å². The van der Waals surface area contributed by atoms with E-state index in [1.54, 1.807) is 43.5 Å². The first-order valence-electron chi connectivity index (χ1n) is 9.94. The number of carbonyl (C=O) groups is 2. The molecule has 7 nitrogen and oxygen atoms in total. The summed E-state index contributed by atoms with van der Waals surface area (Å²) in [6, 6.07) is 12.8. The lowest BCUT2D eigenvalue weighted by molar-refractivity contribution is -0.125. The van der Waals surface area contributed by atoms with Crippen LogP contribution >= 0.6 is 0 Å². The summed E-state index contributed by atoms with van der Waals surface area (Å²) in [6.45, 7) is -1.85. The van der Waals surface area contributed by atoms with E-state index in [9.17, 15) is 18.4 Å². The highest BCUT2D eigenvalue weighted by Gasteiger charge is 2.31. The van der Waals surface area contributed by atoms with Gasteiger partial charge in [0, 0.05) is 12.2 Å². The minimum atomic E-state index is -2.87. The van der Waals surface area contributed by atoms with E-state index in [4.69, 9.17) is 4.74 Å². The lowest BCUT2D eigenvalue weighted by Gasteiger charge is -2.23. The summed E-state index contributed by atoms with van der Waals surface area (Å²) in [6.07, 6.45) is 1.51. The van der Waals surface area contributed by atoms with Crippen molar-refractivity contribution < 1.29 is 27.8 Å². The molecular weight excluding hydrogens is 408 g/mol. The van der Waals surface area contributed by atoms with Crippen LogP contribution in [0.15, 0.2) is 48.5 Å². The average Bonchev–Trinajstić information content (AvgIpc) is 3.21. The van der Waals surface area contributed by atoms with Crippen molar-refractivity contribution in [1.29, 1.82) is 0 Å². The molecule has 2 amide bonds. The molecule has 166 valence electrons. The first kappa shape index (κ1) is 22.5. The Kier molecular flexibility index (Phi) is 7.77. The fraction of sp³-hybridized carbons (Fsp3) is 0.364. The maximum Gasteiger partial charge on any atom is 0.387 e. The molecule has 0 aliphatic carbocycles. The average molecular weight is 433 g/mol. The molecule has 1 aliphatic rings. The molecule has 2 N–H and O–H groups in total. The largest absolute Gasteiger partial charge is 0.497 e. The zero-order valence-electron chi connectivity index (χ0n) is 17.1. The second-order valence-electron chi connectivity index (χ2n) is 7.15. The van der Waals surface area contributed by atoms with E-state index in [-0.39, 0.29) is 36.7 Å². The third-order valence-electron chi connectivity index (χ3n) is 5.01. The van der Waals surface area contributed by atoms with E-state index in [2.05, 4.69) is 15.4 Å². The third kappa shape index (κ3) is 6.65. The fourth-order valence-corrected chi connectivity index (χ4v) is 3.44. The number of hydrogen-bond donors (Lipinski definition) is 2. The number of rotatable bonds is 9. The van der Waals surface area contributed by atoms with Crippen molar-refractivity contribution in [2.24, 2.45) is 0 Å². The van der Waals surface area contributed by atoms with Crippen LogP contribution in [0.3, 0.4) is 0 Å². The summed E-state index contributed by atoms with van der Waals surface area (Å²) in [4.78, 5) is 26.9. The summed E-state index contributed by atoms with van der Waals surface area (Å²) >= 11 is 0. The van der Waals surface area contributed by atoms with Gasteiger partial charge in [-0.2, -0.15) is 8.78 Å². The molecule has 1 fully saturated rings. The molecule has 9 heteroatoms. The van der Waals surface area contributed by atoms with Gasteiger partial charge in [0.2, 0.25) is 11.8 Å². The molecule has 0 spiro atoms. The second kappa shape index (κ2) is 10.7. The Bertz CT molecular complexity index is 875. The minimum absolute atomic E-state index is 0.0628. The molecule has 1 unspecified atom stereocenters. The molecular formula is C22H25F2N3O4. The van der Waals surface area contributed by atoms with Crippen molar-refractivity contribution in [3.05, 3.63) is 54.1 Å². The van der Waals surface area contributed by atoms with E-state index in [1.165, 1.54) is 12.1 Å². The van der Waals surface area contributed by atoms with Gasteiger partial charge in [-0.15, -0.1) is 0 Å². The van der Waals surface area contributed by atoms with Gasteiger partial charge in [-0.1, -0.05) is 12.1 Å². The van der Waals surface area contributed by atoms with Gasteiger partial charge >= 0.3 is 6.61 Å². The number of methoxy groups -OCH3 is 1. The maximum atomic E-state index is 12.7. The number of halogens is 2. The van der Waals surface area contributed by atoms with Gasteiger partial charge in [0.05, 0.1) is 19.7 Å². The van der Waals surface area contributed by atoms with Gasteiger partial charge in [0.1, 0.15) is 11.5 Å². The predicted molar refractivity (Wildman–Crippen MR) is 111 cm³/mol. The summed E-state index contributed by atoms with van der Waals surface area (Å²) < 4.78 is 33.8. The lowest BCUT2D eigenvalue weighted by Crippen LogP contribution is -2.44. The Hall–Kier alpha value is -3.20. The SMILES string of the molecule is COc1ccc(NC(=O)C2CCCN2CC(=O)NCc2ccc(OC(F)F)cc2)cc1. The van der Waals surface area contributed by atoms with Crippen LogP contribution in [0.25, 0.3) is 0 Å². The Balaban J connectivity index is 1.47. The molecule has 1 atom stereocenters. The van der Waals surface area contributed by atoms with Gasteiger partial charge in [-0.05, 0) is 61.3 Å². The summed E-state index contributed by atoms with van der Waals surface area (Å²) in [5.74, 6) is 0.406. The Labute approximate surface area is 179 Å². The standard InChI is InChI=1S/C22H25F2N3O4/c1-30-17-10-6-16(7-11-17)26-21(29)19-3-2-12-27(19)14-20(28)25-13-15-4-8-18(9-5-15)31-22(23)24/h4-11,19,22H,2-3,12-14H2,1H3,(H,25,28)(H,26,29). The van der Waals surface area contributed by atoms with E-state index >= 15 is 0 Å². The molecule has 2 aromatic rings. The van der Waals surface area contributed by atoms with Crippen molar-refractivity contribution >= 4 is 17.5 Å². The quantitative estimate of drug-likeness (QED) is 0.636. The van der Waals surface area contributed by atoms with Crippen molar-refractivity contribution in [3.63, 3.8) is 0 Å². The van der Waals surface area contributed by atoms with Gasteiger partial charge in [0.15, 0.2) is 0 Å². The fourth-order valence-electron chi connectivity index (χ4n) is 3.44. The van der Waals surface area contributed by atoms with Gasteiger partial charge < -0.3 is 20.1 Å². The van der Waals surface area contributed by atoms with Crippen LogP contribution in [-0.4, -0.2) is 49.6 Å². The van der Waals surface area contributed by atoms with E-state index < -0.39 is 6.61 Å². The van der Waals surface area contributed by atoms with Crippen LogP contribution in [0, 0.1) is 0 Å². The van der Waals surface area contributed by atoms with Crippen molar-refractivity contribution in [3.8, 4) is 11.5 Å². The molecule has 1 aliphatic heterocycles. The number of amides is 2. The molecule has 1 saturated heterocycles. The Morgan fingerprint density at radius 3 is 2.42 bits per heavy atom. The number of anilines is 1. The molecule has 0 aromatic heterocycles. The number of alkyl halides is 2. The number of hydrogen-bond acceptors (Lipinski definition) is 5. The number of carbonyl (C=O) groups excluding carboxylic acids is 2. The van der Waals surface area contributed by atoms with Crippen LogP contribution in [0.2, 0.25) is 0 Å². The smallest absolute Gasteiger partial charge is 0.387 e. The molecule has 0 radical (unpaired) electrons. The first-order valence-corrected chi connectivity index (χ1v) is 9.94. The van der Waals surface area contributed by atoms with E-state index in [0.29, 0.717) is 24.4 Å². The second-order valence-corrected chi connectivity index (χ2v) is 7.15. The number of benzene rings is 2. The number of nitrogens with zero attached hydrogens (tertiary/aromatic N) is 1. The topological polar surface area (TPSA) is 79.9 Å². The van der Waals surface area contributed by atoms with Crippen LogP contribution in [-0.2, 0) is 16.1 Å². The summed E-state index contributed by atoms with van der Waals surface area (Å²) in [5, 5.41) is 5.67. The van der Waals surface area contributed by atoms with E-state index in [1.807, 2.05) is 4.90 Å². The van der Waals surface area contributed by atoms with Crippen molar-refractivity contribution in [2.45, 2.75) is 32.0 Å². The van der Waals surface area contributed by atoms with Crippen molar-refractivity contribution in [1.82, 2.24) is 10.2 Å². The highest BCUT2D eigenvalue weighted by atomic mass is 19.3. The molecule has 0 bridgehead atoms. The van der Waals surface area contributed by atoms with Crippen molar-refractivity contribution in [2.75, 3.05) is 25.5 Å². The molecule has 2 aromatic carbocycles. The number of nitrogens with one attached hydrogen (secondary N) is 2. The van der Waals surface area contributed by atoms with Crippen LogP contribution in [0.1, 0.15) is 18.4 Å². The Morgan fingerprint density at radius 1 is 1.10 bits per heavy atom.